The quantitative estimate of drug-likeness (QED) is 0.143. The highest BCUT2D eigenvalue weighted by Gasteiger charge is 2.22. The summed E-state index contributed by atoms with van der Waals surface area (Å²) < 4.78 is 2.42. The van der Waals surface area contributed by atoms with Crippen molar-refractivity contribution in [2.24, 2.45) is 0 Å². The number of rotatable bonds is 13. The van der Waals surface area contributed by atoms with Crippen molar-refractivity contribution in [3.63, 3.8) is 0 Å². The Labute approximate surface area is 275 Å². The van der Waals surface area contributed by atoms with E-state index in [1.807, 2.05) is 12.1 Å². The molecule has 0 unspecified atom stereocenters. The first kappa shape index (κ1) is 30.2. The van der Waals surface area contributed by atoms with Crippen molar-refractivity contribution in [1.82, 2.24) is 40.4 Å². The number of imidazole rings is 1. The van der Waals surface area contributed by atoms with Gasteiger partial charge in [0.2, 0.25) is 5.82 Å². The van der Waals surface area contributed by atoms with Gasteiger partial charge >= 0.3 is 0 Å². The first-order valence-electron chi connectivity index (χ1n) is 16.5. The molecule has 0 aliphatic rings. The van der Waals surface area contributed by atoms with Gasteiger partial charge in [-0.15, -0.1) is 10.2 Å². The second-order valence-electron chi connectivity index (χ2n) is 11.9. The molecule has 7 rings (SSSR count). The van der Waals surface area contributed by atoms with Gasteiger partial charge in [-0.3, -0.25) is 0 Å². The highest BCUT2D eigenvalue weighted by atomic mass is 15.5. The van der Waals surface area contributed by atoms with E-state index in [0.29, 0.717) is 12.4 Å². The molecular weight excluding hydrogens is 580 g/mol. The highest BCUT2D eigenvalue weighted by molar-refractivity contribution is 5.83. The molecule has 8 nitrogen and oxygen atoms in total. The fourth-order valence-electron chi connectivity index (χ4n) is 6.34. The van der Waals surface area contributed by atoms with Gasteiger partial charge in [-0.05, 0) is 65.1 Å². The van der Waals surface area contributed by atoms with Crippen molar-refractivity contribution in [2.75, 3.05) is 0 Å². The van der Waals surface area contributed by atoms with Gasteiger partial charge in [0, 0.05) is 12.0 Å². The molecule has 0 radical (unpaired) electrons. The van der Waals surface area contributed by atoms with E-state index in [0.717, 1.165) is 89.9 Å². The number of unbranched alkanes of at least 4 members (excludes halogenated alkanes) is 1. The van der Waals surface area contributed by atoms with Crippen LogP contribution in [0.15, 0.2) is 109 Å². The van der Waals surface area contributed by atoms with Gasteiger partial charge in [0.05, 0.1) is 23.4 Å². The Morgan fingerprint density at radius 3 is 1.89 bits per heavy atom. The third-order valence-electron chi connectivity index (χ3n) is 8.77. The second-order valence-corrected chi connectivity index (χ2v) is 11.9. The van der Waals surface area contributed by atoms with Crippen molar-refractivity contribution in [2.45, 2.75) is 58.4 Å². The van der Waals surface area contributed by atoms with Crippen LogP contribution in [0.4, 0.5) is 0 Å². The van der Waals surface area contributed by atoms with Crippen LogP contribution in [0.25, 0.3) is 33.5 Å². The van der Waals surface area contributed by atoms with E-state index >= 15 is 0 Å². The summed E-state index contributed by atoms with van der Waals surface area (Å²) in [4.78, 5) is 5.36. The zero-order chi connectivity index (χ0) is 31.8. The molecule has 8 heteroatoms. The lowest BCUT2D eigenvalue weighted by Gasteiger charge is -2.16. The van der Waals surface area contributed by atoms with Crippen LogP contribution >= 0.6 is 0 Å². The summed E-state index contributed by atoms with van der Waals surface area (Å²) in [6, 6.07) is 38.1. The Morgan fingerprint density at radius 1 is 0.596 bits per heavy atom. The largest absolute Gasteiger partial charge is 0.322 e. The molecular formula is C39H38N8. The molecule has 234 valence electrons. The monoisotopic (exact) mass is 618 g/mol. The van der Waals surface area contributed by atoms with E-state index in [1.165, 1.54) is 16.7 Å². The minimum absolute atomic E-state index is 0.577. The predicted octanol–water partition coefficient (Wildman–Crippen LogP) is 7.63. The fraction of sp³-hybridized carbons (Fsp3) is 0.231. The van der Waals surface area contributed by atoms with Crippen LogP contribution in [0.2, 0.25) is 0 Å². The van der Waals surface area contributed by atoms with Crippen LogP contribution in [0, 0.1) is 0 Å². The van der Waals surface area contributed by atoms with Crippen molar-refractivity contribution < 1.29 is 0 Å². The first-order chi connectivity index (χ1) is 23.3. The average molecular weight is 619 g/mol. The minimum Gasteiger partial charge on any atom is -0.322 e. The Kier molecular flexibility index (Phi) is 9.17. The van der Waals surface area contributed by atoms with Crippen molar-refractivity contribution in [3.8, 4) is 22.5 Å². The van der Waals surface area contributed by atoms with Crippen LogP contribution in [-0.4, -0.2) is 40.4 Å². The van der Waals surface area contributed by atoms with Gasteiger partial charge in [0.1, 0.15) is 11.3 Å². The number of nitrogens with zero attached hydrogens (tertiary/aromatic N) is 7. The number of aromatic amines is 1. The normalized spacial score (nSPS) is 11.3. The zero-order valence-electron chi connectivity index (χ0n) is 26.7. The number of aryl methyl sites for hydroxylation is 5. The Bertz CT molecular complexity index is 2050. The lowest BCUT2D eigenvalue weighted by molar-refractivity contribution is 0.687. The molecule has 0 fully saturated rings. The van der Waals surface area contributed by atoms with E-state index < -0.39 is 0 Å². The van der Waals surface area contributed by atoms with Gasteiger partial charge < -0.3 is 4.57 Å². The molecule has 4 aromatic carbocycles. The van der Waals surface area contributed by atoms with E-state index in [9.17, 15) is 0 Å². The average Bonchev–Trinajstić information content (AvgIpc) is 3.80. The SMILES string of the molecule is CCCCc1nc2c(CCc3ccccc3)nnc(CCc3ccccc3)c2n1Cc1ccccc1-c1ccccc1-c1nn[nH]n1. The second kappa shape index (κ2) is 14.3. The molecule has 0 aliphatic heterocycles. The smallest absolute Gasteiger partial charge is 0.205 e. The van der Waals surface area contributed by atoms with Gasteiger partial charge in [-0.25, -0.2) is 4.98 Å². The summed E-state index contributed by atoms with van der Waals surface area (Å²) in [6.45, 7) is 2.89. The molecule has 0 aliphatic carbocycles. The molecule has 0 spiro atoms. The molecule has 0 saturated heterocycles. The van der Waals surface area contributed by atoms with Gasteiger partial charge in [-0.1, -0.05) is 123 Å². The predicted molar refractivity (Wildman–Crippen MR) is 186 cm³/mol. The molecule has 3 aromatic heterocycles. The topological polar surface area (TPSA) is 98.1 Å². The molecule has 3 heterocycles. The maximum Gasteiger partial charge on any atom is 0.205 e. The summed E-state index contributed by atoms with van der Waals surface area (Å²) in [7, 11) is 0. The molecule has 1 N–H and O–H groups in total. The van der Waals surface area contributed by atoms with Crippen LogP contribution < -0.4 is 0 Å². The number of hydrogen-bond acceptors (Lipinski definition) is 6. The summed E-state index contributed by atoms with van der Waals surface area (Å²) in [5.41, 5.74) is 10.9. The van der Waals surface area contributed by atoms with E-state index in [4.69, 9.17) is 15.2 Å². The summed E-state index contributed by atoms with van der Waals surface area (Å²) in [5.74, 6) is 1.66. The molecule has 0 amide bonds. The summed E-state index contributed by atoms with van der Waals surface area (Å²) in [5, 5.41) is 24.8. The zero-order valence-corrected chi connectivity index (χ0v) is 26.7. The Morgan fingerprint density at radius 2 is 1.21 bits per heavy atom. The third kappa shape index (κ3) is 6.72. The molecule has 0 bridgehead atoms. The molecule has 0 saturated carbocycles. The summed E-state index contributed by atoms with van der Waals surface area (Å²) in [6.07, 6.45) is 6.39. The number of aromatic nitrogens is 8. The highest BCUT2D eigenvalue weighted by Crippen LogP contribution is 2.34. The third-order valence-corrected chi connectivity index (χ3v) is 8.77. The maximum absolute atomic E-state index is 5.36. The first-order valence-corrected chi connectivity index (χ1v) is 16.5. The maximum atomic E-state index is 5.36. The number of nitrogens with one attached hydrogen (secondary N) is 1. The van der Waals surface area contributed by atoms with Crippen LogP contribution in [-0.2, 0) is 38.6 Å². The van der Waals surface area contributed by atoms with Crippen molar-refractivity contribution in [1.29, 1.82) is 0 Å². The number of hydrogen-bond donors (Lipinski definition) is 1. The lowest BCUT2D eigenvalue weighted by Crippen LogP contribution is -2.10. The van der Waals surface area contributed by atoms with Crippen LogP contribution in [0.3, 0.4) is 0 Å². The number of benzene rings is 4. The van der Waals surface area contributed by atoms with Crippen LogP contribution in [0.1, 0.15) is 53.7 Å². The van der Waals surface area contributed by atoms with Crippen molar-refractivity contribution in [3.05, 3.63) is 143 Å². The van der Waals surface area contributed by atoms with Gasteiger partial charge in [0.15, 0.2) is 0 Å². The Hall–Kier alpha value is -5.50. The number of H-pyrrole nitrogens is 1. The molecule has 7 aromatic rings. The molecule has 47 heavy (non-hydrogen) atoms. The van der Waals surface area contributed by atoms with Crippen LogP contribution in [0.5, 0.6) is 0 Å². The van der Waals surface area contributed by atoms with E-state index in [2.05, 4.69) is 129 Å². The fourth-order valence-corrected chi connectivity index (χ4v) is 6.34. The minimum atomic E-state index is 0.577. The lowest BCUT2D eigenvalue weighted by atomic mass is 9.95. The summed E-state index contributed by atoms with van der Waals surface area (Å²) >= 11 is 0. The van der Waals surface area contributed by atoms with Crippen molar-refractivity contribution >= 4 is 11.0 Å². The van der Waals surface area contributed by atoms with Gasteiger partial charge in [0.25, 0.3) is 0 Å². The molecule has 0 atom stereocenters. The van der Waals surface area contributed by atoms with E-state index in [-0.39, 0.29) is 0 Å². The van der Waals surface area contributed by atoms with E-state index in [1.54, 1.807) is 0 Å². The number of fused-ring (bicyclic) bond motifs is 1. The standard InChI is InChI=1S/C39H38N8/c1-2-3-22-36-40-37-34(25-23-28-14-6-4-7-15-28)41-42-35(26-24-29-16-8-5-9-17-29)38(37)47(36)27-30-18-10-11-19-31(30)32-20-12-13-21-33(32)39-43-45-46-44-39/h4-21H,2-3,22-27H2,1H3,(H,43,44,45,46). The van der Waals surface area contributed by atoms with Gasteiger partial charge in [-0.2, -0.15) is 15.4 Å². The Balaban J connectivity index is 1.34. The number of tetrazole rings is 1.